The number of carbonyl (C=O) groups excluding carboxylic acids is 1. The van der Waals surface area contributed by atoms with Crippen molar-refractivity contribution in [3.8, 4) is 0 Å². The largest absolute Gasteiger partial charge is 0.348 e. The molecule has 21 heavy (non-hydrogen) atoms. The molecule has 0 bridgehead atoms. The number of nitrogens with zero attached hydrogens (tertiary/aromatic N) is 1. The molecule has 1 fully saturated rings. The monoisotopic (exact) mass is 289 g/mol. The van der Waals surface area contributed by atoms with Crippen molar-refractivity contribution in [1.29, 1.82) is 0 Å². The number of carbonyl (C=O) groups is 1. The second kappa shape index (κ2) is 5.76. The van der Waals surface area contributed by atoms with Gasteiger partial charge >= 0.3 is 0 Å². The van der Waals surface area contributed by atoms with Crippen molar-refractivity contribution in [2.75, 3.05) is 10.4 Å². The molecule has 0 radical (unpaired) electrons. The quantitative estimate of drug-likeness (QED) is 0.821. The summed E-state index contributed by atoms with van der Waals surface area (Å²) >= 11 is 0. The number of hydrogen-bond donors (Lipinski definition) is 2. The zero-order valence-corrected chi connectivity index (χ0v) is 12.1. The van der Waals surface area contributed by atoms with Crippen LogP contribution in [-0.4, -0.2) is 11.9 Å². The maximum absolute atomic E-state index is 14.0. The molecule has 2 aliphatic rings. The summed E-state index contributed by atoms with van der Waals surface area (Å²) in [4.78, 5) is 12.3. The Morgan fingerprint density at radius 2 is 2.00 bits per heavy atom. The van der Waals surface area contributed by atoms with Gasteiger partial charge in [0, 0.05) is 6.04 Å². The summed E-state index contributed by atoms with van der Waals surface area (Å²) in [5.41, 5.74) is 1.26. The number of anilines is 2. The second-order valence-corrected chi connectivity index (χ2v) is 5.93. The van der Waals surface area contributed by atoms with Crippen LogP contribution in [0.2, 0.25) is 0 Å². The number of fused-ring (bicyclic) bond motifs is 1. The SMILES string of the molecule is C[C@H]1CC[C@H](NC(=O)C2=CN(F)c3ccccc3N2)CC1. The molecule has 5 heteroatoms. The first-order chi connectivity index (χ1) is 10.1. The molecular weight excluding hydrogens is 269 g/mol. The standard InChI is InChI=1S/C16H20FN3O/c1-11-6-8-12(9-7-11)18-16(21)14-10-20(17)15-5-3-2-4-13(15)19-14/h2-5,10-12,19H,6-9H2,1H3,(H,18,21)/t11-,12-. The number of rotatable bonds is 2. The van der Waals surface area contributed by atoms with E-state index in [1.54, 1.807) is 18.2 Å². The Morgan fingerprint density at radius 1 is 1.29 bits per heavy atom. The minimum Gasteiger partial charge on any atom is -0.348 e. The Morgan fingerprint density at radius 3 is 2.76 bits per heavy atom. The molecule has 0 spiro atoms. The molecule has 1 aliphatic heterocycles. The van der Waals surface area contributed by atoms with Gasteiger partial charge in [-0.15, -0.1) is 0 Å². The predicted molar refractivity (Wildman–Crippen MR) is 81.3 cm³/mol. The summed E-state index contributed by atoms with van der Waals surface area (Å²) in [6, 6.07) is 7.18. The van der Waals surface area contributed by atoms with Crippen LogP contribution in [0.3, 0.4) is 0 Å². The summed E-state index contributed by atoms with van der Waals surface area (Å²) in [5, 5.41) is 6.48. The molecule has 3 rings (SSSR count). The lowest BCUT2D eigenvalue weighted by molar-refractivity contribution is -0.118. The maximum Gasteiger partial charge on any atom is 0.269 e. The number of halogens is 1. The Bertz CT molecular complexity index is 564. The molecule has 0 aromatic heterocycles. The molecule has 1 heterocycles. The lowest BCUT2D eigenvalue weighted by atomic mass is 9.87. The zero-order chi connectivity index (χ0) is 14.8. The number of amides is 1. The van der Waals surface area contributed by atoms with Crippen LogP contribution in [0.25, 0.3) is 0 Å². The molecule has 1 aliphatic carbocycles. The Balaban J connectivity index is 1.66. The van der Waals surface area contributed by atoms with E-state index in [2.05, 4.69) is 17.6 Å². The molecule has 0 saturated heterocycles. The van der Waals surface area contributed by atoms with E-state index >= 15 is 0 Å². The lowest BCUT2D eigenvalue weighted by Crippen LogP contribution is -2.40. The molecule has 1 aromatic rings. The third-order valence-corrected chi connectivity index (χ3v) is 4.24. The highest BCUT2D eigenvalue weighted by Crippen LogP contribution is 2.31. The normalized spacial score (nSPS) is 24.7. The minimum absolute atomic E-state index is 0.196. The molecule has 2 N–H and O–H groups in total. The van der Waals surface area contributed by atoms with Gasteiger partial charge in [-0.3, -0.25) is 4.79 Å². The molecular formula is C16H20FN3O. The number of nitrogens with one attached hydrogen (secondary N) is 2. The summed E-state index contributed by atoms with van der Waals surface area (Å²) in [6.45, 7) is 2.24. The molecule has 4 nitrogen and oxygen atoms in total. The average molecular weight is 289 g/mol. The molecule has 1 saturated carbocycles. The van der Waals surface area contributed by atoms with Crippen LogP contribution in [-0.2, 0) is 4.79 Å². The van der Waals surface area contributed by atoms with Gasteiger partial charge in [-0.05, 0) is 43.7 Å². The average Bonchev–Trinajstić information content (AvgIpc) is 2.49. The van der Waals surface area contributed by atoms with Gasteiger partial charge in [0.2, 0.25) is 0 Å². The number of benzene rings is 1. The zero-order valence-electron chi connectivity index (χ0n) is 12.1. The van der Waals surface area contributed by atoms with Crippen molar-refractivity contribution in [3.63, 3.8) is 0 Å². The highest BCUT2D eigenvalue weighted by Gasteiger charge is 2.24. The Labute approximate surface area is 124 Å². The molecule has 1 amide bonds. The second-order valence-electron chi connectivity index (χ2n) is 5.93. The predicted octanol–water partition coefficient (Wildman–Crippen LogP) is 3.34. The highest BCUT2D eigenvalue weighted by atomic mass is 19.2. The fourth-order valence-electron chi connectivity index (χ4n) is 2.91. The van der Waals surface area contributed by atoms with Gasteiger partial charge < -0.3 is 10.6 Å². The van der Waals surface area contributed by atoms with Crippen LogP contribution in [0.1, 0.15) is 32.6 Å². The van der Waals surface area contributed by atoms with Crippen molar-refractivity contribution in [2.24, 2.45) is 5.92 Å². The van der Waals surface area contributed by atoms with Gasteiger partial charge in [0.15, 0.2) is 0 Å². The third-order valence-electron chi connectivity index (χ3n) is 4.24. The van der Waals surface area contributed by atoms with Gasteiger partial charge in [-0.25, -0.2) is 0 Å². The first-order valence-corrected chi connectivity index (χ1v) is 7.47. The van der Waals surface area contributed by atoms with Crippen LogP contribution >= 0.6 is 0 Å². The first kappa shape index (κ1) is 13.9. The van der Waals surface area contributed by atoms with Crippen molar-refractivity contribution in [2.45, 2.75) is 38.6 Å². The van der Waals surface area contributed by atoms with Gasteiger partial charge in [0.1, 0.15) is 5.70 Å². The van der Waals surface area contributed by atoms with Gasteiger partial charge in [0.25, 0.3) is 5.91 Å². The Kier molecular flexibility index (Phi) is 3.82. The molecule has 0 atom stereocenters. The van der Waals surface area contributed by atoms with Crippen molar-refractivity contribution >= 4 is 17.3 Å². The van der Waals surface area contributed by atoms with E-state index in [0.717, 1.165) is 31.6 Å². The number of para-hydroxylation sites is 2. The fourth-order valence-corrected chi connectivity index (χ4v) is 2.91. The van der Waals surface area contributed by atoms with Crippen molar-refractivity contribution in [1.82, 2.24) is 5.32 Å². The first-order valence-electron chi connectivity index (χ1n) is 7.47. The van der Waals surface area contributed by atoms with E-state index in [9.17, 15) is 9.28 Å². The van der Waals surface area contributed by atoms with E-state index in [-0.39, 0.29) is 17.6 Å². The lowest BCUT2D eigenvalue weighted by Gasteiger charge is -2.28. The van der Waals surface area contributed by atoms with Crippen LogP contribution in [0, 0.1) is 5.92 Å². The summed E-state index contributed by atoms with van der Waals surface area (Å²) < 4.78 is 14.0. The van der Waals surface area contributed by atoms with Crippen molar-refractivity contribution < 1.29 is 9.28 Å². The van der Waals surface area contributed by atoms with E-state index in [1.807, 2.05) is 6.07 Å². The van der Waals surface area contributed by atoms with Gasteiger partial charge in [-0.1, -0.05) is 23.5 Å². The topological polar surface area (TPSA) is 44.4 Å². The van der Waals surface area contributed by atoms with Gasteiger partial charge in [0.05, 0.1) is 17.6 Å². The summed E-state index contributed by atoms with van der Waals surface area (Å²) in [6.07, 6.45) is 5.46. The van der Waals surface area contributed by atoms with E-state index < -0.39 is 0 Å². The van der Waals surface area contributed by atoms with Crippen LogP contribution < -0.4 is 15.8 Å². The third kappa shape index (κ3) is 3.01. The minimum atomic E-state index is -0.244. The molecule has 0 unspecified atom stereocenters. The summed E-state index contributed by atoms with van der Waals surface area (Å²) in [5.74, 6) is 0.491. The van der Waals surface area contributed by atoms with E-state index in [0.29, 0.717) is 16.5 Å². The van der Waals surface area contributed by atoms with Crippen LogP contribution in [0.5, 0.6) is 0 Å². The smallest absolute Gasteiger partial charge is 0.269 e. The molecule has 112 valence electrons. The van der Waals surface area contributed by atoms with Gasteiger partial charge in [-0.2, -0.15) is 5.12 Å². The fraction of sp³-hybridized carbons (Fsp3) is 0.438. The van der Waals surface area contributed by atoms with Crippen LogP contribution in [0.15, 0.2) is 36.2 Å². The Hall–Kier alpha value is -2.04. The van der Waals surface area contributed by atoms with Crippen LogP contribution in [0.4, 0.5) is 15.9 Å². The van der Waals surface area contributed by atoms with E-state index in [1.165, 1.54) is 6.20 Å². The van der Waals surface area contributed by atoms with E-state index in [4.69, 9.17) is 0 Å². The van der Waals surface area contributed by atoms with Crippen molar-refractivity contribution in [3.05, 3.63) is 36.2 Å². The number of hydrogen-bond acceptors (Lipinski definition) is 3. The summed E-state index contributed by atoms with van der Waals surface area (Å²) in [7, 11) is 0. The molecule has 1 aromatic carbocycles. The highest BCUT2D eigenvalue weighted by molar-refractivity contribution is 5.99. The maximum atomic E-state index is 14.0.